The number of amides is 1. The molecule has 1 aromatic carbocycles. The Hall–Kier alpha value is -1.29. The Balaban J connectivity index is 2.00. The van der Waals surface area contributed by atoms with Gasteiger partial charge in [-0.3, -0.25) is 9.59 Å². The van der Waals surface area contributed by atoms with Gasteiger partial charge in [0.1, 0.15) is 6.04 Å². The highest BCUT2D eigenvalue weighted by atomic mass is 32.2. The molecule has 1 fully saturated rings. The Morgan fingerprint density at radius 3 is 2.72 bits per heavy atom. The molecule has 2 heterocycles. The molecule has 94 valence electrons. The zero-order valence-electron chi connectivity index (χ0n) is 10.3. The van der Waals surface area contributed by atoms with Crippen molar-refractivity contribution < 1.29 is 9.59 Å². The standard InChI is InChI=1S/C14H15NO2S/c1-9-8-18-14(17)12-6-10-4-2-3-5-11(10)7-15(12)13(9)16/h2-5,9,12H,6-8H2,1H3/t9-,12-/m0/s1. The van der Waals surface area contributed by atoms with Crippen molar-refractivity contribution in [3.8, 4) is 0 Å². The summed E-state index contributed by atoms with van der Waals surface area (Å²) in [5, 5.41) is 0.141. The molecule has 0 saturated carbocycles. The van der Waals surface area contributed by atoms with Crippen LogP contribution in [0.15, 0.2) is 24.3 Å². The van der Waals surface area contributed by atoms with E-state index in [0.29, 0.717) is 18.7 Å². The summed E-state index contributed by atoms with van der Waals surface area (Å²) in [6, 6.07) is 7.83. The van der Waals surface area contributed by atoms with Crippen molar-refractivity contribution in [2.45, 2.75) is 25.9 Å². The van der Waals surface area contributed by atoms with Crippen LogP contribution < -0.4 is 0 Å². The second-order valence-corrected chi connectivity index (χ2v) is 6.01. The van der Waals surface area contributed by atoms with Crippen LogP contribution in [0.1, 0.15) is 18.1 Å². The van der Waals surface area contributed by atoms with E-state index in [2.05, 4.69) is 6.07 Å². The molecule has 3 nitrogen and oxygen atoms in total. The van der Waals surface area contributed by atoms with Gasteiger partial charge in [0.05, 0.1) is 0 Å². The highest BCUT2D eigenvalue weighted by Gasteiger charge is 2.39. The number of carbonyl (C=O) groups is 2. The fourth-order valence-corrected chi connectivity index (χ4v) is 3.58. The van der Waals surface area contributed by atoms with Gasteiger partial charge in [0.2, 0.25) is 11.0 Å². The van der Waals surface area contributed by atoms with E-state index in [1.54, 1.807) is 4.90 Å². The molecule has 0 unspecified atom stereocenters. The predicted octanol–water partition coefficient (Wildman–Crippen LogP) is 1.85. The van der Waals surface area contributed by atoms with Crippen molar-refractivity contribution in [3.05, 3.63) is 35.4 Å². The number of carbonyl (C=O) groups excluding carboxylic acids is 2. The Labute approximate surface area is 111 Å². The molecule has 18 heavy (non-hydrogen) atoms. The molecular formula is C14H15NO2S. The van der Waals surface area contributed by atoms with Crippen LogP contribution in [0.4, 0.5) is 0 Å². The fourth-order valence-electron chi connectivity index (χ4n) is 2.62. The molecule has 2 atom stereocenters. The van der Waals surface area contributed by atoms with Gasteiger partial charge in [-0.05, 0) is 11.1 Å². The Bertz CT molecular complexity index is 514. The van der Waals surface area contributed by atoms with Gasteiger partial charge in [-0.15, -0.1) is 0 Å². The van der Waals surface area contributed by atoms with Crippen LogP contribution in [0.3, 0.4) is 0 Å². The average molecular weight is 261 g/mol. The summed E-state index contributed by atoms with van der Waals surface area (Å²) in [6.45, 7) is 2.49. The lowest BCUT2D eigenvalue weighted by atomic mass is 9.93. The molecule has 1 amide bonds. The summed E-state index contributed by atoms with van der Waals surface area (Å²) in [5.41, 5.74) is 2.38. The molecular weight excluding hydrogens is 246 g/mol. The van der Waals surface area contributed by atoms with Crippen molar-refractivity contribution >= 4 is 22.8 Å². The lowest BCUT2D eigenvalue weighted by Crippen LogP contribution is -2.47. The molecule has 1 aromatic rings. The first-order valence-electron chi connectivity index (χ1n) is 6.20. The largest absolute Gasteiger partial charge is 0.327 e. The van der Waals surface area contributed by atoms with Gasteiger partial charge < -0.3 is 4.90 Å². The smallest absolute Gasteiger partial charge is 0.227 e. The predicted molar refractivity (Wildman–Crippen MR) is 71.1 cm³/mol. The minimum atomic E-state index is -0.262. The quantitative estimate of drug-likeness (QED) is 0.715. The molecule has 0 N–H and O–H groups in total. The van der Waals surface area contributed by atoms with E-state index in [4.69, 9.17) is 0 Å². The molecule has 0 radical (unpaired) electrons. The minimum absolute atomic E-state index is 0.0609. The minimum Gasteiger partial charge on any atom is -0.327 e. The van der Waals surface area contributed by atoms with Crippen LogP contribution in [0.25, 0.3) is 0 Å². The van der Waals surface area contributed by atoms with Crippen molar-refractivity contribution in [2.24, 2.45) is 5.92 Å². The van der Waals surface area contributed by atoms with Crippen LogP contribution in [0.2, 0.25) is 0 Å². The normalized spacial score (nSPS) is 27.5. The van der Waals surface area contributed by atoms with E-state index >= 15 is 0 Å². The summed E-state index contributed by atoms with van der Waals surface area (Å²) in [6.07, 6.45) is 0.667. The van der Waals surface area contributed by atoms with Crippen LogP contribution in [-0.4, -0.2) is 27.7 Å². The third kappa shape index (κ3) is 1.85. The first-order valence-corrected chi connectivity index (χ1v) is 7.19. The van der Waals surface area contributed by atoms with E-state index < -0.39 is 0 Å². The maximum atomic E-state index is 12.3. The summed E-state index contributed by atoms with van der Waals surface area (Å²) >= 11 is 1.31. The summed E-state index contributed by atoms with van der Waals surface area (Å²) in [4.78, 5) is 26.2. The van der Waals surface area contributed by atoms with Gasteiger partial charge in [0, 0.05) is 24.6 Å². The molecule has 4 heteroatoms. The molecule has 0 aromatic heterocycles. The van der Waals surface area contributed by atoms with Crippen LogP contribution in [0.5, 0.6) is 0 Å². The van der Waals surface area contributed by atoms with Gasteiger partial charge >= 0.3 is 0 Å². The van der Waals surface area contributed by atoms with Gasteiger partial charge in [-0.1, -0.05) is 43.0 Å². The summed E-state index contributed by atoms with van der Waals surface area (Å²) in [7, 11) is 0. The van der Waals surface area contributed by atoms with E-state index in [1.165, 1.54) is 22.9 Å². The molecule has 2 aliphatic rings. The van der Waals surface area contributed by atoms with Gasteiger partial charge in [-0.25, -0.2) is 0 Å². The summed E-state index contributed by atoms with van der Waals surface area (Å²) < 4.78 is 0. The number of fused-ring (bicyclic) bond motifs is 2. The number of hydrogen-bond acceptors (Lipinski definition) is 3. The Kier molecular flexibility index (Phi) is 2.90. The van der Waals surface area contributed by atoms with Crippen molar-refractivity contribution in [2.75, 3.05) is 5.75 Å². The van der Waals surface area contributed by atoms with Gasteiger partial charge in [-0.2, -0.15) is 0 Å². The Morgan fingerprint density at radius 1 is 1.22 bits per heavy atom. The second-order valence-electron chi connectivity index (χ2n) is 4.99. The third-order valence-electron chi connectivity index (χ3n) is 3.70. The van der Waals surface area contributed by atoms with Crippen molar-refractivity contribution in [1.29, 1.82) is 0 Å². The number of thioether (sulfide) groups is 1. The zero-order valence-corrected chi connectivity index (χ0v) is 11.1. The molecule has 1 saturated heterocycles. The van der Waals surface area contributed by atoms with Crippen molar-refractivity contribution in [1.82, 2.24) is 4.90 Å². The number of rotatable bonds is 0. The maximum absolute atomic E-state index is 12.3. The topological polar surface area (TPSA) is 37.4 Å². The molecule has 0 aliphatic carbocycles. The monoisotopic (exact) mass is 261 g/mol. The lowest BCUT2D eigenvalue weighted by molar-refractivity contribution is -0.140. The molecule has 0 bridgehead atoms. The lowest BCUT2D eigenvalue weighted by Gasteiger charge is -2.35. The first kappa shape index (κ1) is 11.8. The van der Waals surface area contributed by atoms with E-state index in [9.17, 15) is 9.59 Å². The number of benzene rings is 1. The molecule has 2 aliphatic heterocycles. The van der Waals surface area contributed by atoms with E-state index in [1.807, 2.05) is 25.1 Å². The highest BCUT2D eigenvalue weighted by Crippen LogP contribution is 2.31. The number of hydrogen-bond donors (Lipinski definition) is 0. The third-order valence-corrected chi connectivity index (χ3v) is 4.92. The van der Waals surface area contributed by atoms with Gasteiger partial charge in [0.25, 0.3) is 0 Å². The second kappa shape index (κ2) is 4.43. The summed E-state index contributed by atoms with van der Waals surface area (Å²) in [5.74, 6) is 0.670. The van der Waals surface area contributed by atoms with Crippen LogP contribution in [0, 0.1) is 5.92 Å². The van der Waals surface area contributed by atoms with E-state index in [-0.39, 0.29) is 23.0 Å². The van der Waals surface area contributed by atoms with Gasteiger partial charge in [0.15, 0.2) is 0 Å². The molecule has 3 rings (SSSR count). The van der Waals surface area contributed by atoms with Crippen molar-refractivity contribution in [3.63, 3.8) is 0 Å². The van der Waals surface area contributed by atoms with E-state index in [0.717, 1.165) is 0 Å². The van der Waals surface area contributed by atoms with Crippen LogP contribution in [-0.2, 0) is 22.6 Å². The maximum Gasteiger partial charge on any atom is 0.227 e. The zero-order chi connectivity index (χ0) is 12.7. The number of nitrogens with zero attached hydrogens (tertiary/aromatic N) is 1. The SMILES string of the molecule is C[C@H]1CSC(=O)[C@@H]2Cc3ccccc3CN2C1=O. The van der Waals surface area contributed by atoms with Crippen LogP contribution >= 0.6 is 11.8 Å². The molecule has 0 spiro atoms. The fraction of sp³-hybridized carbons (Fsp3) is 0.429. The first-order chi connectivity index (χ1) is 8.66. The average Bonchev–Trinajstić information content (AvgIpc) is 2.50. The Morgan fingerprint density at radius 2 is 1.94 bits per heavy atom. The highest BCUT2D eigenvalue weighted by molar-refractivity contribution is 8.13.